The third kappa shape index (κ3) is 4.96. The summed E-state index contributed by atoms with van der Waals surface area (Å²) < 4.78 is 2.34. The van der Waals surface area contributed by atoms with Crippen LogP contribution in [-0.4, -0.2) is 20.5 Å². The van der Waals surface area contributed by atoms with Crippen molar-refractivity contribution >= 4 is 16.6 Å². The highest BCUT2D eigenvalue weighted by Gasteiger charge is 2.35. The zero-order valence-corrected chi connectivity index (χ0v) is 20.7. The van der Waals surface area contributed by atoms with Crippen molar-refractivity contribution in [1.29, 1.82) is 0 Å². The highest BCUT2D eigenvalue weighted by molar-refractivity contribution is 5.92. The lowest BCUT2D eigenvalue weighted by Gasteiger charge is -2.30. The molecule has 3 aromatic rings. The van der Waals surface area contributed by atoms with E-state index >= 15 is 0 Å². The molecule has 1 aromatic heterocycles. The van der Waals surface area contributed by atoms with Crippen molar-refractivity contribution in [2.24, 2.45) is 11.8 Å². The molecule has 2 aromatic carbocycles. The minimum absolute atomic E-state index is 0.0495. The van der Waals surface area contributed by atoms with Crippen molar-refractivity contribution < 1.29 is 4.79 Å². The Balaban J connectivity index is 1.34. The normalized spacial score (nSPS) is 21.7. The van der Waals surface area contributed by atoms with Gasteiger partial charge in [0, 0.05) is 31.2 Å². The van der Waals surface area contributed by atoms with Gasteiger partial charge in [-0.3, -0.25) is 4.79 Å². The van der Waals surface area contributed by atoms with Crippen LogP contribution >= 0.6 is 0 Å². The van der Waals surface area contributed by atoms with Crippen molar-refractivity contribution in [2.45, 2.75) is 96.4 Å². The van der Waals surface area contributed by atoms with Crippen LogP contribution in [0.15, 0.2) is 42.5 Å². The monoisotopic (exact) mass is 457 g/mol. The number of rotatable bonds is 8. The molecular weight excluding hydrogens is 418 g/mol. The van der Waals surface area contributed by atoms with Gasteiger partial charge in [-0.25, -0.2) is 0 Å². The SMILES string of the molecule is CCn1c(CCC2CCCCC2)nnc1[C@H]1CCCC[C@@H]1C(=O)Cc1cccc2ccccc12. The van der Waals surface area contributed by atoms with Gasteiger partial charge < -0.3 is 4.57 Å². The van der Waals surface area contributed by atoms with Crippen LogP contribution in [0.1, 0.15) is 94.3 Å². The summed E-state index contributed by atoms with van der Waals surface area (Å²) in [6, 6.07) is 14.7. The van der Waals surface area contributed by atoms with E-state index in [2.05, 4.69) is 59.1 Å². The Hall–Kier alpha value is -2.49. The third-order valence-electron chi connectivity index (χ3n) is 8.43. The van der Waals surface area contributed by atoms with Crippen LogP contribution in [0.2, 0.25) is 0 Å². The van der Waals surface area contributed by atoms with Gasteiger partial charge in [0.1, 0.15) is 17.4 Å². The first-order valence-corrected chi connectivity index (χ1v) is 13.7. The number of hydrogen-bond acceptors (Lipinski definition) is 3. The quantitative estimate of drug-likeness (QED) is 0.364. The van der Waals surface area contributed by atoms with Gasteiger partial charge in [-0.15, -0.1) is 10.2 Å². The molecule has 0 aliphatic heterocycles. The standard InChI is InChI=1S/C30H39N3O/c1-2-33-29(20-19-22-11-4-3-5-12-22)31-32-30(33)27-18-9-8-17-26(27)28(34)21-24-15-10-14-23-13-6-7-16-25(23)24/h6-7,10,13-16,22,26-27H,2-5,8-9,11-12,17-21H2,1H3/t26-,27-/m0/s1. The summed E-state index contributed by atoms with van der Waals surface area (Å²) in [6.07, 6.45) is 14.0. The van der Waals surface area contributed by atoms with Crippen molar-refractivity contribution in [1.82, 2.24) is 14.8 Å². The molecule has 180 valence electrons. The lowest BCUT2D eigenvalue weighted by molar-refractivity contribution is -0.123. The van der Waals surface area contributed by atoms with E-state index in [1.165, 1.54) is 55.7 Å². The minimum atomic E-state index is 0.0495. The Morgan fingerprint density at radius 2 is 1.68 bits per heavy atom. The number of ketones is 1. The zero-order valence-electron chi connectivity index (χ0n) is 20.7. The summed E-state index contributed by atoms with van der Waals surface area (Å²) in [5.74, 6) is 3.67. The average Bonchev–Trinajstić information content (AvgIpc) is 3.31. The molecule has 0 saturated heterocycles. The van der Waals surface area contributed by atoms with E-state index in [9.17, 15) is 4.79 Å². The van der Waals surface area contributed by atoms with Gasteiger partial charge in [0.25, 0.3) is 0 Å². The second-order valence-corrected chi connectivity index (χ2v) is 10.5. The number of carbonyl (C=O) groups is 1. The van der Waals surface area contributed by atoms with Crippen molar-refractivity contribution in [3.63, 3.8) is 0 Å². The maximum atomic E-state index is 13.7. The highest BCUT2D eigenvalue weighted by atomic mass is 16.1. The Bertz CT molecular complexity index is 1110. The van der Waals surface area contributed by atoms with Crippen LogP contribution in [0.4, 0.5) is 0 Å². The van der Waals surface area contributed by atoms with Crippen LogP contribution in [-0.2, 0) is 24.2 Å². The lowest BCUT2D eigenvalue weighted by Crippen LogP contribution is -2.29. The molecule has 0 amide bonds. The predicted octanol–water partition coefficient (Wildman–Crippen LogP) is 7.05. The van der Waals surface area contributed by atoms with E-state index in [4.69, 9.17) is 5.10 Å². The molecule has 2 atom stereocenters. The van der Waals surface area contributed by atoms with Crippen LogP contribution in [0.25, 0.3) is 10.8 Å². The summed E-state index contributed by atoms with van der Waals surface area (Å²) in [4.78, 5) is 13.7. The Kier molecular flexibility index (Phi) is 7.42. The smallest absolute Gasteiger partial charge is 0.141 e. The van der Waals surface area contributed by atoms with Crippen molar-refractivity contribution in [3.8, 4) is 0 Å². The summed E-state index contributed by atoms with van der Waals surface area (Å²) >= 11 is 0. The van der Waals surface area contributed by atoms with Crippen LogP contribution < -0.4 is 0 Å². The first-order valence-electron chi connectivity index (χ1n) is 13.7. The molecule has 1 heterocycles. The van der Waals surface area contributed by atoms with Crippen molar-refractivity contribution in [2.75, 3.05) is 0 Å². The van der Waals surface area contributed by atoms with Gasteiger partial charge in [0.05, 0.1) is 0 Å². The Morgan fingerprint density at radius 1 is 0.912 bits per heavy atom. The van der Waals surface area contributed by atoms with E-state index in [0.29, 0.717) is 12.2 Å². The third-order valence-corrected chi connectivity index (χ3v) is 8.43. The molecule has 0 bridgehead atoms. The van der Waals surface area contributed by atoms with E-state index in [1.54, 1.807) is 0 Å². The second kappa shape index (κ2) is 10.8. The summed E-state index contributed by atoms with van der Waals surface area (Å²) in [5, 5.41) is 11.8. The number of aromatic nitrogens is 3. The number of Topliss-reactive ketones (excluding diaryl/α,β-unsaturated/α-hetero) is 1. The molecule has 2 aliphatic rings. The number of hydrogen-bond donors (Lipinski definition) is 0. The molecule has 0 unspecified atom stereocenters. The molecule has 0 N–H and O–H groups in total. The highest BCUT2D eigenvalue weighted by Crippen LogP contribution is 2.39. The van der Waals surface area contributed by atoms with E-state index < -0.39 is 0 Å². The molecule has 34 heavy (non-hydrogen) atoms. The molecule has 2 aliphatic carbocycles. The Labute approximate surface area is 204 Å². The Morgan fingerprint density at radius 3 is 2.53 bits per heavy atom. The van der Waals surface area contributed by atoms with Crippen LogP contribution in [0, 0.1) is 11.8 Å². The zero-order chi connectivity index (χ0) is 23.3. The lowest BCUT2D eigenvalue weighted by atomic mass is 9.75. The summed E-state index contributed by atoms with van der Waals surface area (Å²) in [7, 11) is 0. The van der Waals surface area contributed by atoms with E-state index in [-0.39, 0.29) is 11.8 Å². The summed E-state index contributed by atoms with van der Waals surface area (Å²) in [6.45, 7) is 3.09. The van der Waals surface area contributed by atoms with Gasteiger partial charge in [0.2, 0.25) is 0 Å². The fraction of sp³-hybridized carbons (Fsp3) is 0.567. The van der Waals surface area contributed by atoms with E-state index in [0.717, 1.165) is 55.4 Å². The first-order chi connectivity index (χ1) is 16.7. The molecule has 5 rings (SSSR count). The largest absolute Gasteiger partial charge is 0.315 e. The minimum Gasteiger partial charge on any atom is -0.315 e. The first kappa shape index (κ1) is 23.3. The van der Waals surface area contributed by atoms with Gasteiger partial charge in [-0.05, 0) is 48.4 Å². The van der Waals surface area contributed by atoms with Gasteiger partial charge in [0.15, 0.2) is 0 Å². The number of fused-ring (bicyclic) bond motifs is 1. The number of aryl methyl sites for hydroxylation is 1. The van der Waals surface area contributed by atoms with Crippen molar-refractivity contribution in [3.05, 3.63) is 59.7 Å². The number of nitrogens with zero attached hydrogens (tertiary/aromatic N) is 3. The maximum absolute atomic E-state index is 13.7. The fourth-order valence-corrected chi connectivity index (χ4v) is 6.55. The number of carbonyl (C=O) groups excluding carboxylic acids is 1. The predicted molar refractivity (Wildman–Crippen MR) is 138 cm³/mol. The van der Waals surface area contributed by atoms with Gasteiger partial charge in [-0.1, -0.05) is 87.4 Å². The topological polar surface area (TPSA) is 47.8 Å². The van der Waals surface area contributed by atoms with Crippen LogP contribution in [0.5, 0.6) is 0 Å². The summed E-state index contributed by atoms with van der Waals surface area (Å²) in [5.41, 5.74) is 1.15. The maximum Gasteiger partial charge on any atom is 0.141 e. The molecule has 2 fully saturated rings. The second-order valence-electron chi connectivity index (χ2n) is 10.5. The van der Waals surface area contributed by atoms with Gasteiger partial charge in [-0.2, -0.15) is 0 Å². The average molecular weight is 458 g/mol. The fourth-order valence-electron chi connectivity index (χ4n) is 6.55. The molecule has 0 radical (unpaired) electrons. The molecule has 0 spiro atoms. The molecule has 4 heteroatoms. The van der Waals surface area contributed by atoms with Crippen LogP contribution in [0.3, 0.4) is 0 Å². The number of benzene rings is 2. The molecule has 4 nitrogen and oxygen atoms in total. The molecular formula is C30H39N3O. The van der Waals surface area contributed by atoms with Gasteiger partial charge >= 0.3 is 0 Å². The van der Waals surface area contributed by atoms with E-state index in [1.807, 2.05) is 0 Å². The molecule has 2 saturated carbocycles.